The summed E-state index contributed by atoms with van der Waals surface area (Å²) in [7, 11) is 0. The molecule has 17 heavy (non-hydrogen) atoms. The van der Waals surface area contributed by atoms with Crippen molar-refractivity contribution in [3.8, 4) is 0 Å². The maximum atomic E-state index is 13.9. The topological polar surface area (TPSA) is 27.1 Å². The van der Waals surface area contributed by atoms with E-state index in [1.807, 2.05) is 10.7 Å². The highest BCUT2D eigenvalue weighted by molar-refractivity contribution is 5.80. The Morgan fingerprint density at radius 3 is 2.76 bits per heavy atom. The number of hydrogen-bond donors (Lipinski definition) is 0. The Morgan fingerprint density at radius 1 is 1.41 bits per heavy atom. The summed E-state index contributed by atoms with van der Waals surface area (Å²) in [5.74, 6) is 0.132. The van der Waals surface area contributed by atoms with E-state index in [0.717, 1.165) is 11.1 Å². The molecule has 0 saturated carbocycles. The molecule has 0 unspecified atom stereocenters. The van der Waals surface area contributed by atoms with Crippen molar-refractivity contribution in [1.29, 1.82) is 0 Å². The number of rotatable bonds is 2. The standard InChI is InChI=1S/C13H15FN2O/c1-8(2)9-3-12(14)11-5-15-16(13(11)4-9)10-6-17-7-10/h3-5,8,10H,6-7H2,1-2H3. The van der Waals surface area contributed by atoms with Crippen LogP contribution in [-0.4, -0.2) is 23.0 Å². The molecule has 0 spiro atoms. The molecule has 2 aromatic rings. The summed E-state index contributed by atoms with van der Waals surface area (Å²) < 4.78 is 21.0. The van der Waals surface area contributed by atoms with Gasteiger partial charge in [-0.15, -0.1) is 0 Å². The molecular weight excluding hydrogens is 219 g/mol. The molecule has 0 amide bonds. The molecule has 90 valence electrons. The number of benzene rings is 1. The van der Waals surface area contributed by atoms with Crippen LogP contribution in [0.3, 0.4) is 0 Å². The Bertz CT molecular complexity index is 558. The lowest BCUT2D eigenvalue weighted by molar-refractivity contribution is -0.0266. The second kappa shape index (κ2) is 3.81. The smallest absolute Gasteiger partial charge is 0.134 e. The highest BCUT2D eigenvalue weighted by atomic mass is 19.1. The molecule has 1 aliphatic rings. The van der Waals surface area contributed by atoms with Crippen LogP contribution in [0, 0.1) is 5.82 Å². The minimum Gasteiger partial charge on any atom is -0.377 e. The van der Waals surface area contributed by atoms with Crippen LogP contribution in [0.1, 0.15) is 31.4 Å². The van der Waals surface area contributed by atoms with E-state index in [4.69, 9.17) is 4.74 Å². The van der Waals surface area contributed by atoms with Gasteiger partial charge < -0.3 is 4.74 Å². The van der Waals surface area contributed by atoms with Gasteiger partial charge in [-0.3, -0.25) is 4.68 Å². The molecule has 0 bridgehead atoms. The Morgan fingerprint density at radius 2 is 2.18 bits per heavy atom. The molecule has 1 fully saturated rings. The molecule has 3 nitrogen and oxygen atoms in total. The summed E-state index contributed by atoms with van der Waals surface area (Å²) in [6, 6.07) is 3.90. The lowest BCUT2D eigenvalue weighted by Crippen LogP contribution is -2.31. The maximum absolute atomic E-state index is 13.9. The maximum Gasteiger partial charge on any atom is 0.134 e. The first-order valence-electron chi connectivity index (χ1n) is 5.91. The van der Waals surface area contributed by atoms with Crippen molar-refractivity contribution in [2.75, 3.05) is 13.2 Å². The van der Waals surface area contributed by atoms with Crippen molar-refractivity contribution < 1.29 is 9.13 Å². The van der Waals surface area contributed by atoms with Gasteiger partial charge in [-0.25, -0.2) is 4.39 Å². The predicted octanol–water partition coefficient (Wildman–Crippen LogP) is 2.87. The monoisotopic (exact) mass is 234 g/mol. The molecule has 1 aliphatic heterocycles. The number of hydrogen-bond acceptors (Lipinski definition) is 2. The molecule has 2 heterocycles. The van der Waals surface area contributed by atoms with Gasteiger partial charge in [0, 0.05) is 0 Å². The van der Waals surface area contributed by atoms with Gasteiger partial charge in [0.2, 0.25) is 0 Å². The van der Waals surface area contributed by atoms with Gasteiger partial charge in [0.1, 0.15) is 5.82 Å². The zero-order valence-corrected chi connectivity index (χ0v) is 9.98. The van der Waals surface area contributed by atoms with E-state index in [1.165, 1.54) is 0 Å². The van der Waals surface area contributed by atoms with Crippen molar-refractivity contribution in [3.05, 3.63) is 29.7 Å². The first kappa shape index (κ1) is 10.7. The van der Waals surface area contributed by atoms with Crippen LogP contribution in [0.2, 0.25) is 0 Å². The molecule has 3 rings (SSSR count). The number of ether oxygens (including phenoxy) is 1. The van der Waals surface area contributed by atoms with E-state index in [1.54, 1.807) is 12.3 Å². The van der Waals surface area contributed by atoms with Gasteiger partial charge in [0.25, 0.3) is 0 Å². The quantitative estimate of drug-likeness (QED) is 0.799. The highest BCUT2D eigenvalue weighted by Gasteiger charge is 2.23. The minimum atomic E-state index is -0.183. The minimum absolute atomic E-state index is 0.183. The van der Waals surface area contributed by atoms with Crippen LogP contribution < -0.4 is 0 Å². The van der Waals surface area contributed by atoms with Crippen molar-refractivity contribution in [3.63, 3.8) is 0 Å². The third-order valence-electron chi connectivity index (χ3n) is 3.32. The van der Waals surface area contributed by atoms with Crippen LogP contribution in [0.15, 0.2) is 18.3 Å². The van der Waals surface area contributed by atoms with Crippen LogP contribution in [0.25, 0.3) is 10.9 Å². The molecular formula is C13H15FN2O. The molecule has 1 saturated heterocycles. The van der Waals surface area contributed by atoms with E-state index in [0.29, 0.717) is 24.5 Å². The summed E-state index contributed by atoms with van der Waals surface area (Å²) in [5.41, 5.74) is 1.89. The molecule has 0 atom stereocenters. The lowest BCUT2D eigenvalue weighted by Gasteiger charge is -2.27. The summed E-state index contributed by atoms with van der Waals surface area (Å²) in [6.45, 7) is 5.47. The van der Waals surface area contributed by atoms with Gasteiger partial charge in [0.05, 0.1) is 36.4 Å². The Balaban J connectivity index is 2.18. The van der Waals surface area contributed by atoms with Crippen LogP contribution >= 0.6 is 0 Å². The van der Waals surface area contributed by atoms with E-state index < -0.39 is 0 Å². The van der Waals surface area contributed by atoms with Gasteiger partial charge in [-0.05, 0) is 23.6 Å². The second-order valence-corrected chi connectivity index (χ2v) is 4.87. The lowest BCUT2D eigenvalue weighted by atomic mass is 10.0. The first-order chi connectivity index (χ1) is 8.16. The number of halogens is 1. The van der Waals surface area contributed by atoms with Gasteiger partial charge in [-0.1, -0.05) is 13.8 Å². The fraction of sp³-hybridized carbons (Fsp3) is 0.462. The largest absolute Gasteiger partial charge is 0.377 e. The normalized spacial score (nSPS) is 16.7. The summed E-state index contributed by atoms with van der Waals surface area (Å²) >= 11 is 0. The highest BCUT2D eigenvalue weighted by Crippen LogP contribution is 2.28. The number of aromatic nitrogens is 2. The van der Waals surface area contributed by atoms with Crippen LogP contribution in [0.4, 0.5) is 4.39 Å². The molecule has 0 N–H and O–H groups in total. The summed E-state index contributed by atoms with van der Waals surface area (Å²) in [6.07, 6.45) is 1.60. The zero-order chi connectivity index (χ0) is 12.0. The van der Waals surface area contributed by atoms with Crippen molar-refractivity contribution in [2.24, 2.45) is 0 Å². The molecule has 0 aliphatic carbocycles. The van der Waals surface area contributed by atoms with Crippen LogP contribution in [-0.2, 0) is 4.74 Å². The molecule has 4 heteroatoms. The van der Waals surface area contributed by atoms with E-state index in [-0.39, 0.29) is 11.9 Å². The second-order valence-electron chi connectivity index (χ2n) is 4.87. The van der Waals surface area contributed by atoms with Gasteiger partial charge in [-0.2, -0.15) is 5.10 Å². The Labute approximate surface area is 99.2 Å². The van der Waals surface area contributed by atoms with E-state index >= 15 is 0 Å². The third kappa shape index (κ3) is 1.63. The third-order valence-corrected chi connectivity index (χ3v) is 3.32. The Kier molecular flexibility index (Phi) is 2.40. The molecule has 0 radical (unpaired) electrons. The van der Waals surface area contributed by atoms with Crippen molar-refractivity contribution >= 4 is 10.9 Å². The number of fused-ring (bicyclic) bond motifs is 1. The zero-order valence-electron chi connectivity index (χ0n) is 9.98. The van der Waals surface area contributed by atoms with E-state index in [2.05, 4.69) is 18.9 Å². The van der Waals surface area contributed by atoms with Crippen LogP contribution in [0.5, 0.6) is 0 Å². The van der Waals surface area contributed by atoms with Crippen molar-refractivity contribution in [2.45, 2.75) is 25.8 Å². The van der Waals surface area contributed by atoms with Gasteiger partial charge >= 0.3 is 0 Å². The molecule has 1 aromatic heterocycles. The predicted molar refractivity (Wildman–Crippen MR) is 63.6 cm³/mol. The average molecular weight is 234 g/mol. The summed E-state index contributed by atoms with van der Waals surface area (Å²) in [5, 5.41) is 4.87. The number of nitrogens with zero attached hydrogens (tertiary/aromatic N) is 2. The fourth-order valence-corrected chi connectivity index (χ4v) is 2.11. The van der Waals surface area contributed by atoms with Crippen molar-refractivity contribution in [1.82, 2.24) is 9.78 Å². The van der Waals surface area contributed by atoms with E-state index in [9.17, 15) is 4.39 Å². The molecule has 1 aromatic carbocycles. The fourth-order valence-electron chi connectivity index (χ4n) is 2.11. The average Bonchev–Trinajstić information content (AvgIpc) is 2.60. The SMILES string of the molecule is CC(C)c1cc(F)c2cnn(C3COC3)c2c1. The Hall–Kier alpha value is -1.42. The van der Waals surface area contributed by atoms with Gasteiger partial charge in [0.15, 0.2) is 0 Å². The first-order valence-corrected chi connectivity index (χ1v) is 5.91. The summed E-state index contributed by atoms with van der Waals surface area (Å²) in [4.78, 5) is 0.